The number of nitrogens with zero attached hydrogens (tertiary/aromatic N) is 2. The molecular formula is C35H57N3O4. The molecule has 1 saturated heterocycles. The van der Waals surface area contributed by atoms with Gasteiger partial charge < -0.3 is 24.3 Å². The maximum atomic E-state index is 5.89. The van der Waals surface area contributed by atoms with E-state index in [9.17, 15) is 0 Å². The van der Waals surface area contributed by atoms with Gasteiger partial charge in [0.2, 0.25) is 0 Å². The van der Waals surface area contributed by atoms with Crippen molar-refractivity contribution in [2.75, 3.05) is 84.4 Å². The quantitative estimate of drug-likeness (QED) is 0.299. The molecule has 4 aliphatic carbocycles. The van der Waals surface area contributed by atoms with Gasteiger partial charge >= 0.3 is 0 Å². The van der Waals surface area contributed by atoms with Gasteiger partial charge in [-0.05, 0) is 79.2 Å². The molecule has 1 heterocycles. The molecule has 4 bridgehead atoms. The second kappa shape index (κ2) is 15.5. The van der Waals surface area contributed by atoms with Crippen LogP contribution in [0.15, 0.2) is 23.2 Å². The number of ether oxygens (including phenoxy) is 4. The molecule has 236 valence electrons. The van der Waals surface area contributed by atoms with Gasteiger partial charge in [-0.25, -0.2) is 0 Å². The zero-order chi connectivity index (χ0) is 29.4. The number of anilines is 1. The number of para-hydroxylation sites is 1. The van der Waals surface area contributed by atoms with Crippen LogP contribution < -0.4 is 5.32 Å². The van der Waals surface area contributed by atoms with Gasteiger partial charge in [-0.3, -0.25) is 9.89 Å². The number of nitrogens with one attached hydrogen (secondary N) is 1. The van der Waals surface area contributed by atoms with E-state index >= 15 is 0 Å². The van der Waals surface area contributed by atoms with E-state index in [0.717, 1.165) is 43.9 Å². The summed E-state index contributed by atoms with van der Waals surface area (Å²) in [6, 6.07) is 6.87. The Kier molecular flexibility index (Phi) is 11.8. The van der Waals surface area contributed by atoms with Crippen LogP contribution in [0.2, 0.25) is 0 Å². The summed E-state index contributed by atoms with van der Waals surface area (Å²) in [5.41, 5.74) is 4.34. The molecule has 0 atom stereocenters. The molecule has 5 fully saturated rings. The third-order valence-electron chi connectivity index (χ3n) is 10.1. The van der Waals surface area contributed by atoms with Crippen molar-refractivity contribution >= 4 is 11.5 Å². The van der Waals surface area contributed by atoms with Crippen LogP contribution in [-0.4, -0.2) is 89.8 Å². The van der Waals surface area contributed by atoms with Crippen molar-refractivity contribution in [3.63, 3.8) is 0 Å². The van der Waals surface area contributed by atoms with Gasteiger partial charge in [0.15, 0.2) is 0 Å². The number of hydrogen-bond acceptors (Lipinski definition) is 6. The summed E-state index contributed by atoms with van der Waals surface area (Å²) in [6.45, 7) is 17.8. The van der Waals surface area contributed by atoms with Gasteiger partial charge in [-0.1, -0.05) is 45.9 Å². The Balaban J connectivity index is 1.34. The normalized spacial score (nSPS) is 30.4. The van der Waals surface area contributed by atoms with Crippen molar-refractivity contribution in [1.82, 2.24) is 4.90 Å². The minimum Gasteiger partial charge on any atom is -0.378 e. The summed E-state index contributed by atoms with van der Waals surface area (Å²) < 4.78 is 23.0. The second-order valence-corrected chi connectivity index (χ2v) is 14.0. The first-order valence-corrected chi connectivity index (χ1v) is 16.9. The van der Waals surface area contributed by atoms with E-state index in [0.29, 0.717) is 64.7 Å². The Morgan fingerprint density at radius 2 is 1.21 bits per heavy atom. The second-order valence-electron chi connectivity index (χ2n) is 14.0. The third kappa shape index (κ3) is 8.35. The topological polar surface area (TPSA) is 64.6 Å². The molecule has 1 aliphatic heterocycles. The van der Waals surface area contributed by atoms with Gasteiger partial charge in [-0.2, -0.15) is 0 Å². The minimum atomic E-state index is 0.205. The van der Waals surface area contributed by atoms with Crippen LogP contribution in [0.5, 0.6) is 0 Å². The molecule has 42 heavy (non-hydrogen) atoms. The van der Waals surface area contributed by atoms with Crippen molar-refractivity contribution in [2.45, 2.75) is 78.1 Å². The smallest absolute Gasteiger partial charge is 0.107 e. The summed E-state index contributed by atoms with van der Waals surface area (Å²) in [4.78, 5) is 7.96. The van der Waals surface area contributed by atoms with Crippen LogP contribution in [0.4, 0.5) is 5.69 Å². The largest absolute Gasteiger partial charge is 0.378 e. The minimum absolute atomic E-state index is 0.205. The fourth-order valence-electron chi connectivity index (χ4n) is 8.34. The van der Waals surface area contributed by atoms with E-state index in [2.05, 4.69) is 56.1 Å². The highest BCUT2D eigenvalue weighted by Gasteiger charge is 2.53. The van der Waals surface area contributed by atoms with E-state index in [-0.39, 0.29) is 5.41 Å². The Hall–Kier alpha value is -1.51. The van der Waals surface area contributed by atoms with Crippen LogP contribution >= 0.6 is 0 Å². The fourth-order valence-corrected chi connectivity index (χ4v) is 8.34. The zero-order valence-corrected chi connectivity index (χ0v) is 26.9. The predicted molar refractivity (Wildman–Crippen MR) is 171 cm³/mol. The van der Waals surface area contributed by atoms with E-state index in [1.165, 1.54) is 61.2 Å². The highest BCUT2D eigenvalue weighted by atomic mass is 16.6. The Morgan fingerprint density at radius 1 is 0.762 bits per heavy atom. The summed E-state index contributed by atoms with van der Waals surface area (Å²) >= 11 is 0. The lowest BCUT2D eigenvalue weighted by molar-refractivity contribution is -0.0125. The first-order chi connectivity index (χ1) is 20.4. The SMILES string of the molecule is CC(C)c1cccc(C(C)C)c1NC(=NCCN1CCOCCOCCOCCOCC1)C12CC3CC(CC(C3)C1)C2. The van der Waals surface area contributed by atoms with Crippen molar-refractivity contribution in [3.8, 4) is 0 Å². The van der Waals surface area contributed by atoms with Crippen LogP contribution in [-0.2, 0) is 18.9 Å². The van der Waals surface area contributed by atoms with Crippen molar-refractivity contribution in [1.29, 1.82) is 0 Å². The number of rotatable bonds is 7. The highest BCUT2D eigenvalue weighted by molar-refractivity contribution is 6.01. The summed E-state index contributed by atoms with van der Waals surface area (Å²) in [6.07, 6.45) is 8.24. The standard InChI is InChI=1S/C35H57N3O4/c1-26(2)31-6-5-7-32(27(3)4)33(31)37-34(35-23-28-20-29(24-35)22-30(21-28)25-35)36-8-9-38-10-12-39-14-16-41-18-19-42-17-15-40-13-11-38/h5-7,26-30H,8-25H2,1-4H3,(H,36,37). The number of benzene rings is 1. The zero-order valence-electron chi connectivity index (χ0n) is 26.9. The molecule has 1 N–H and O–H groups in total. The molecule has 0 amide bonds. The highest BCUT2D eigenvalue weighted by Crippen LogP contribution is 2.60. The summed E-state index contributed by atoms with van der Waals surface area (Å²) in [5, 5.41) is 4.10. The first-order valence-electron chi connectivity index (χ1n) is 16.9. The molecule has 0 spiro atoms. The molecular weight excluding hydrogens is 526 g/mol. The molecule has 0 aromatic heterocycles. The molecule has 5 aliphatic rings. The Bertz CT molecular complexity index is 932. The summed E-state index contributed by atoms with van der Waals surface area (Å²) in [7, 11) is 0. The molecule has 7 nitrogen and oxygen atoms in total. The van der Waals surface area contributed by atoms with Crippen molar-refractivity contribution in [3.05, 3.63) is 29.3 Å². The Morgan fingerprint density at radius 3 is 1.67 bits per heavy atom. The molecule has 4 saturated carbocycles. The third-order valence-corrected chi connectivity index (χ3v) is 10.1. The average Bonchev–Trinajstić information content (AvgIpc) is 2.96. The maximum Gasteiger partial charge on any atom is 0.107 e. The molecule has 0 unspecified atom stereocenters. The fraction of sp³-hybridized carbons (Fsp3) is 0.800. The van der Waals surface area contributed by atoms with Gasteiger partial charge in [0.1, 0.15) is 5.84 Å². The molecule has 1 aromatic rings. The average molecular weight is 584 g/mol. The summed E-state index contributed by atoms with van der Waals surface area (Å²) in [5.74, 6) is 4.82. The number of hydrogen-bond donors (Lipinski definition) is 1. The number of aliphatic imine (C=N–C) groups is 1. The lowest BCUT2D eigenvalue weighted by Crippen LogP contribution is -2.52. The van der Waals surface area contributed by atoms with Crippen LogP contribution in [0.1, 0.15) is 89.2 Å². The van der Waals surface area contributed by atoms with E-state index in [1.807, 2.05) is 0 Å². The predicted octanol–water partition coefficient (Wildman–Crippen LogP) is 6.34. The maximum absolute atomic E-state index is 5.89. The first kappa shape index (κ1) is 31.9. The lowest BCUT2D eigenvalue weighted by atomic mass is 9.49. The van der Waals surface area contributed by atoms with Crippen LogP contribution in [0, 0.1) is 23.2 Å². The van der Waals surface area contributed by atoms with Crippen LogP contribution in [0.25, 0.3) is 0 Å². The van der Waals surface area contributed by atoms with Gasteiger partial charge in [-0.15, -0.1) is 0 Å². The van der Waals surface area contributed by atoms with Crippen LogP contribution in [0.3, 0.4) is 0 Å². The number of amidine groups is 1. The van der Waals surface area contributed by atoms with E-state index < -0.39 is 0 Å². The van der Waals surface area contributed by atoms with E-state index in [4.69, 9.17) is 23.9 Å². The molecule has 6 rings (SSSR count). The van der Waals surface area contributed by atoms with Gasteiger partial charge in [0.05, 0.1) is 59.4 Å². The van der Waals surface area contributed by atoms with Crippen molar-refractivity contribution in [2.24, 2.45) is 28.2 Å². The van der Waals surface area contributed by atoms with Gasteiger partial charge in [0.25, 0.3) is 0 Å². The van der Waals surface area contributed by atoms with Crippen molar-refractivity contribution < 1.29 is 18.9 Å². The molecule has 7 heteroatoms. The molecule has 1 aromatic carbocycles. The van der Waals surface area contributed by atoms with Gasteiger partial charge in [0, 0.05) is 30.7 Å². The van der Waals surface area contributed by atoms with E-state index in [1.54, 1.807) is 0 Å². The molecule has 0 radical (unpaired) electrons. The monoisotopic (exact) mass is 583 g/mol. The Labute approximate surface area is 255 Å². The lowest BCUT2D eigenvalue weighted by Gasteiger charge is -2.57.